The van der Waals surface area contributed by atoms with E-state index in [2.05, 4.69) is 9.88 Å². The molecular formula is C14H18Cl3N3O. The number of alkyl halides is 1. The third-order valence-electron chi connectivity index (χ3n) is 3.49. The van der Waals surface area contributed by atoms with Crippen LogP contribution in [0.4, 0.5) is 0 Å². The number of rotatable bonds is 4. The number of carbonyl (C=O) groups is 1. The zero-order valence-electron chi connectivity index (χ0n) is 11.7. The smallest absolute Gasteiger partial charge is 0.254 e. The average molecular weight is 351 g/mol. The van der Waals surface area contributed by atoms with Crippen LogP contribution in [0.3, 0.4) is 0 Å². The van der Waals surface area contributed by atoms with Gasteiger partial charge in [0.2, 0.25) is 0 Å². The van der Waals surface area contributed by atoms with E-state index in [1.165, 1.54) is 0 Å². The minimum absolute atomic E-state index is 0.0413. The molecule has 0 spiro atoms. The van der Waals surface area contributed by atoms with Crippen molar-refractivity contribution >= 4 is 40.7 Å². The lowest BCUT2D eigenvalue weighted by molar-refractivity contribution is 0.0761. The van der Waals surface area contributed by atoms with E-state index in [9.17, 15) is 4.79 Å². The molecule has 1 aromatic heterocycles. The molecule has 0 aromatic carbocycles. The van der Waals surface area contributed by atoms with E-state index in [1.54, 1.807) is 12.1 Å². The van der Waals surface area contributed by atoms with Gasteiger partial charge in [0.15, 0.2) is 0 Å². The highest BCUT2D eigenvalue weighted by Gasteiger charge is 2.20. The Balaban J connectivity index is 1.99. The van der Waals surface area contributed by atoms with Crippen LogP contribution >= 0.6 is 34.8 Å². The van der Waals surface area contributed by atoms with Crippen molar-refractivity contribution in [2.75, 3.05) is 38.6 Å². The number of hydrogen-bond acceptors (Lipinski definition) is 3. The van der Waals surface area contributed by atoms with Gasteiger partial charge in [0.1, 0.15) is 10.3 Å². The van der Waals surface area contributed by atoms with Gasteiger partial charge in [0.05, 0.1) is 0 Å². The summed E-state index contributed by atoms with van der Waals surface area (Å²) in [7, 11) is 0. The third kappa shape index (κ3) is 4.99. The van der Waals surface area contributed by atoms with E-state index in [0.717, 1.165) is 39.0 Å². The Morgan fingerprint density at radius 3 is 2.52 bits per heavy atom. The second-order valence-electron chi connectivity index (χ2n) is 5.03. The second-order valence-corrected chi connectivity index (χ2v) is 6.18. The quantitative estimate of drug-likeness (QED) is 0.618. The fourth-order valence-corrected chi connectivity index (χ4v) is 3.03. The number of aromatic nitrogens is 1. The van der Waals surface area contributed by atoms with E-state index in [1.807, 2.05) is 4.90 Å². The molecule has 7 heteroatoms. The minimum atomic E-state index is -0.0413. The SMILES string of the molecule is O=C(c1cc(Cl)nc(Cl)c1)N1CCCN(CCCCl)CC1. The molecule has 0 radical (unpaired) electrons. The van der Waals surface area contributed by atoms with Gasteiger partial charge < -0.3 is 9.80 Å². The van der Waals surface area contributed by atoms with Gasteiger partial charge in [-0.2, -0.15) is 0 Å². The van der Waals surface area contributed by atoms with Crippen LogP contribution in [0.25, 0.3) is 0 Å². The molecule has 0 unspecified atom stereocenters. The fourth-order valence-electron chi connectivity index (χ4n) is 2.45. The molecule has 1 amide bonds. The van der Waals surface area contributed by atoms with E-state index < -0.39 is 0 Å². The molecule has 116 valence electrons. The van der Waals surface area contributed by atoms with Gasteiger partial charge in [0.25, 0.3) is 5.91 Å². The third-order valence-corrected chi connectivity index (χ3v) is 4.15. The summed E-state index contributed by atoms with van der Waals surface area (Å²) in [5.74, 6) is 0.632. The van der Waals surface area contributed by atoms with Crippen LogP contribution in [0.1, 0.15) is 23.2 Å². The first kappa shape index (κ1) is 16.8. The molecule has 0 saturated carbocycles. The maximum atomic E-state index is 12.5. The first-order valence-electron chi connectivity index (χ1n) is 7.01. The van der Waals surface area contributed by atoms with E-state index in [-0.39, 0.29) is 16.2 Å². The molecule has 1 aliphatic heterocycles. The predicted octanol–water partition coefficient (Wildman–Crippen LogP) is 3.17. The largest absolute Gasteiger partial charge is 0.337 e. The predicted molar refractivity (Wildman–Crippen MR) is 86.6 cm³/mol. The Kier molecular flexibility index (Phi) is 6.55. The molecule has 4 nitrogen and oxygen atoms in total. The van der Waals surface area contributed by atoms with Crippen molar-refractivity contribution in [2.24, 2.45) is 0 Å². The summed E-state index contributed by atoms with van der Waals surface area (Å²) in [6.45, 7) is 4.30. The van der Waals surface area contributed by atoms with Crippen molar-refractivity contribution in [3.63, 3.8) is 0 Å². The first-order chi connectivity index (χ1) is 10.1. The summed E-state index contributed by atoms with van der Waals surface area (Å²) < 4.78 is 0. The molecule has 1 saturated heterocycles. The van der Waals surface area contributed by atoms with Gasteiger partial charge in [-0.05, 0) is 38.1 Å². The number of amides is 1. The van der Waals surface area contributed by atoms with Crippen molar-refractivity contribution in [3.8, 4) is 0 Å². The Morgan fingerprint density at radius 2 is 1.86 bits per heavy atom. The summed E-state index contributed by atoms with van der Waals surface area (Å²) in [6.07, 6.45) is 1.94. The van der Waals surface area contributed by atoms with Crippen LogP contribution in [0.2, 0.25) is 10.3 Å². The number of nitrogens with zero attached hydrogens (tertiary/aromatic N) is 3. The summed E-state index contributed by atoms with van der Waals surface area (Å²) in [5, 5.41) is 0.480. The fraction of sp³-hybridized carbons (Fsp3) is 0.571. The van der Waals surface area contributed by atoms with Gasteiger partial charge in [-0.15, -0.1) is 11.6 Å². The molecule has 1 fully saturated rings. The van der Waals surface area contributed by atoms with E-state index in [0.29, 0.717) is 18.0 Å². The van der Waals surface area contributed by atoms with Gasteiger partial charge in [-0.1, -0.05) is 23.2 Å². The van der Waals surface area contributed by atoms with Crippen molar-refractivity contribution < 1.29 is 4.79 Å². The standard InChI is InChI=1S/C14H18Cl3N3O/c15-3-1-4-19-5-2-6-20(8-7-19)14(21)11-9-12(16)18-13(17)10-11/h9-10H,1-8H2. The molecule has 0 bridgehead atoms. The van der Waals surface area contributed by atoms with Crippen LogP contribution in [-0.2, 0) is 0 Å². The number of carbonyl (C=O) groups excluding carboxylic acids is 1. The van der Waals surface area contributed by atoms with Crippen LogP contribution in [0.15, 0.2) is 12.1 Å². The molecule has 21 heavy (non-hydrogen) atoms. The summed E-state index contributed by atoms with van der Waals surface area (Å²) in [5.41, 5.74) is 0.495. The van der Waals surface area contributed by atoms with Crippen LogP contribution < -0.4 is 0 Å². The highest BCUT2D eigenvalue weighted by atomic mass is 35.5. The maximum Gasteiger partial charge on any atom is 0.254 e. The zero-order chi connectivity index (χ0) is 15.2. The van der Waals surface area contributed by atoms with Crippen molar-refractivity contribution in [1.82, 2.24) is 14.8 Å². The van der Waals surface area contributed by atoms with Gasteiger partial charge in [-0.25, -0.2) is 4.98 Å². The summed E-state index contributed by atoms with van der Waals surface area (Å²) in [6, 6.07) is 3.12. The van der Waals surface area contributed by atoms with Crippen molar-refractivity contribution in [1.29, 1.82) is 0 Å². The topological polar surface area (TPSA) is 36.4 Å². The summed E-state index contributed by atoms with van der Waals surface area (Å²) >= 11 is 17.4. The van der Waals surface area contributed by atoms with Crippen LogP contribution in [-0.4, -0.2) is 59.3 Å². The lowest BCUT2D eigenvalue weighted by atomic mass is 10.2. The Bertz CT molecular complexity index is 478. The minimum Gasteiger partial charge on any atom is -0.337 e. The Hall–Kier alpha value is -0.550. The molecule has 1 aliphatic rings. The molecular weight excluding hydrogens is 333 g/mol. The zero-order valence-corrected chi connectivity index (χ0v) is 14.0. The lowest BCUT2D eigenvalue weighted by Gasteiger charge is -2.22. The number of halogens is 3. The molecule has 2 heterocycles. The Labute approximate surface area is 140 Å². The van der Waals surface area contributed by atoms with Crippen molar-refractivity contribution in [3.05, 3.63) is 28.0 Å². The Morgan fingerprint density at radius 1 is 1.14 bits per heavy atom. The lowest BCUT2D eigenvalue weighted by Crippen LogP contribution is -2.35. The number of hydrogen-bond donors (Lipinski definition) is 0. The van der Waals surface area contributed by atoms with Crippen LogP contribution in [0.5, 0.6) is 0 Å². The van der Waals surface area contributed by atoms with E-state index >= 15 is 0 Å². The number of pyridine rings is 1. The molecule has 0 aliphatic carbocycles. The first-order valence-corrected chi connectivity index (χ1v) is 8.30. The van der Waals surface area contributed by atoms with E-state index in [4.69, 9.17) is 34.8 Å². The highest BCUT2D eigenvalue weighted by Crippen LogP contribution is 2.17. The molecule has 0 N–H and O–H groups in total. The van der Waals surface area contributed by atoms with Crippen LogP contribution in [0, 0.1) is 0 Å². The monoisotopic (exact) mass is 349 g/mol. The maximum absolute atomic E-state index is 12.5. The average Bonchev–Trinajstić information content (AvgIpc) is 2.68. The van der Waals surface area contributed by atoms with Gasteiger partial charge >= 0.3 is 0 Å². The van der Waals surface area contributed by atoms with Gasteiger partial charge in [-0.3, -0.25) is 4.79 Å². The second kappa shape index (κ2) is 8.18. The molecule has 0 atom stereocenters. The highest BCUT2D eigenvalue weighted by molar-refractivity contribution is 6.33. The molecule has 1 aromatic rings. The summed E-state index contributed by atoms with van der Waals surface area (Å²) in [4.78, 5) is 20.6. The normalized spacial score (nSPS) is 16.8. The van der Waals surface area contributed by atoms with Crippen molar-refractivity contribution in [2.45, 2.75) is 12.8 Å². The molecule has 2 rings (SSSR count). The van der Waals surface area contributed by atoms with Gasteiger partial charge in [0, 0.05) is 31.1 Å².